The molecule has 1 atom stereocenters. The van der Waals surface area contributed by atoms with E-state index < -0.39 is 6.09 Å². The topological polar surface area (TPSA) is 85.7 Å². The number of carbonyl (C=O) groups is 1. The number of likely N-dealkylation sites (tertiary alicyclic amines) is 1. The van der Waals surface area contributed by atoms with Gasteiger partial charge >= 0.3 is 6.09 Å². The van der Waals surface area contributed by atoms with Crippen LogP contribution in [0.3, 0.4) is 0 Å². The first-order valence-corrected chi connectivity index (χ1v) is 5.99. The number of amides is 1. The Bertz CT molecular complexity index is 408. The van der Waals surface area contributed by atoms with Crippen molar-refractivity contribution >= 4 is 11.9 Å². The Morgan fingerprint density at radius 1 is 1.56 bits per heavy atom. The summed E-state index contributed by atoms with van der Waals surface area (Å²) in [6, 6.07) is 3.70. The minimum absolute atomic E-state index is 0.0243. The molecule has 6 nitrogen and oxygen atoms in total. The van der Waals surface area contributed by atoms with Gasteiger partial charge in [-0.3, -0.25) is 0 Å². The van der Waals surface area contributed by atoms with Crippen molar-refractivity contribution in [1.29, 1.82) is 0 Å². The van der Waals surface area contributed by atoms with Gasteiger partial charge in [0.25, 0.3) is 0 Å². The molecule has 1 aromatic rings. The van der Waals surface area contributed by atoms with Gasteiger partial charge in [0.2, 0.25) is 0 Å². The molecule has 98 valence electrons. The summed E-state index contributed by atoms with van der Waals surface area (Å²) < 4.78 is 0. The summed E-state index contributed by atoms with van der Waals surface area (Å²) in [5, 5.41) is 21.1. The average Bonchev–Trinajstić information content (AvgIpc) is 2.40. The lowest BCUT2D eigenvalue weighted by molar-refractivity contribution is 0.133. The predicted molar refractivity (Wildman–Crippen MR) is 66.4 cm³/mol. The molecule has 0 aliphatic carbocycles. The molecule has 3 N–H and O–H groups in total. The highest BCUT2D eigenvalue weighted by molar-refractivity contribution is 5.65. The summed E-state index contributed by atoms with van der Waals surface area (Å²) in [5.41, 5.74) is 0.761. The summed E-state index contributed by atoms with van der Waals surface area (Å²) in [7, 11) is 0. The van der Waals surface area contributed by atoms with E-state index in [0.29, 0.717) is 18.9 Å². The van der Waals surface area contributed by atoms with Crippen LogP contribution in [0, 0.1) is 0 Å². The summed E-state index contributed by atoms with van der Waals surface area (Å²) in [6.07, 6.45) is 2.54. The molecule has 1 aromatic heterocycles. The van der Waals surface area contributed by atoms with Gasteiger partial charge in [-0.05, 0) is 24.5 Å². The molecule has 18 heavy (non-hydrogen) atoms. The van der Waals surface area contributed by atoms with Gasteiger partial charge in [0.05, 0.1) is 6.61 Å². The van der Waals surface area contributed by atoms with E-state index in [9.17, 15) is 4.79 Å². The summed E-state index contributed by atoms with van der Waals surface area (Å²) in [6.45, 7) is 1.06. The van der Waals surface area contributed by atoms with Gasteiger partial charge in [-0.1, -0.05) is 6.07 Å². The van der Waals surface area contributed by atoms with E-state index in [1.165, 1.54) is 4.90 Å². The highest BCUT2D eigenvalue weighted by atomic mass is 16.4. The van der Waals surface area contributed by atoms with Crippen molar-refractivity contribution in [3.05, 3.63) is 23.9 Å². The number of nitrogens with one attached hydrogen (secondary N) is 1. The molecule has 0 spiro atoms. The van der Waals surface area contributed by atoms with Gasteiger partial charge in [-0.25, -0.2) is 9.78 Å². The van der Waals surface area contributed by atoms with Crippen LogP contribution >= 0.6 is 0 Å². The predicted octanol–water partition coefficient (Wildman–Crippen LogP) is 1.13. The maximum atomic E-state index is 10.9. The molecular formula is C12H17N3O3. The number of aromatic nitrogens is 1. The second-order valence-electron chi connectivity index (χ2n) is 4.42. The monoisotopic (exact) mass is 251 g/mol. The van der Waals surface area contributed by atoms with Gasteiger partial charge in [-0.15, -0.1) is 0 Å². The SMILES string of the molecule is O=C(O)N1CCC[C@@H](Nc2ccc(CO)cn2)C1. The van der Waals surface area contributed by atoms with Crippen LogP contribution in [0.4, 0.5) is 10.6 Å². The van der Waals surface area contributed by atoms with E-state index >= 15 is 0 Å². The molecule has 0 saturated carbocycles. The first kappa shape index (κ1) is 12.6. The smallest absolute Gasteiger partial charge is 0.407 e. The van der Waals surface area contributed by atoms with E-state index in [0.717, 1.165) is 18.4 Å². The van der Waals surface area contributed by atoms with Crippen LogP contribution < -0.4 is 5.32 Å². The number of nitrogens with zero attached hydrogens (tertiary/aromatic N) is 2. The average molecular weight is 251 g/mol. The third kappa shape index (κ3) is 3.10. The number of piperidine rings is 1. The largest absolute Gasteiger partial charge is 0.465 e. The minimum atomic E-state index is -0.870. The van der Waals surface area contributed by atoms with Gasteiger partial charge < -0.3 is 20.4 Å². The summed E-state index contributed by atoms with van der Waals surface area (Å²) >= 11 is 0. The Morgan fingerprint density at radius 2 is 2.39 bits per heavy atom. The summed E-state index contributed by atoms with van der Waals surface area (Å²) in [5.74, 6) is 0.712. The number of rotatable bonds is 3. The van der Waals surface area contributed by atoms with E-state index in [2.05, 4.69) is 10.3 Å². The number of pyridine rings is 1. The van der Waals surface area contributed by atoms with E-state index in [-0.39, 0.29) is 12.6 Å². The van der Waals surface area contributed by atoms with Gasteiger partial charge in [0, 0.05) is 25.3 Å². The molecule has 1 saturated heterocycles. The number of hydrogen-bond donors (Lipinski definition) is 3. The first-order valence-electron chi connectivity index (χ1n) is 5.99. The van der Waals surface area contributed by atoms with Gasteiger partial charge in [-0.2, -0.15) is 0 Å². The van der Waals surface area contributed by atoms with Gasteiger partial charge in [0.1, 0.15) is 5.82 Å². The maximum Gasteiger partial charge on any atom is 0.407 e. The Kier molecular flexibility index (Phi) is 3.99. The Hall–Kier alpha value is -1.82. The molecule has 1 amide bonds. The highest BCUT2D eigenvalue weighted by Crippen LogP contribution is 2.15. The van der Waals surface area contributed by atoms with Crippen LogP contribution in [-0.2, 0) is 6.61 Å². The molecule has 0 radical (unpaired) electrons. The van der Waals surface area contributed by atoms with Crippen LogP contribution in [0.5, 0.6) is 0 Å². The molecule has 2 heterocycles. The standard InChI is InChI=1S/C12H17N3O3/c16-8-9-3-4-11(13-6-9)14-10-2-1-5-15(7-10)12(17)18/h3-4,6,10,16H,1-2,5,7-8H2,(H,13,14)(H,17,18)/t10-/m1/s1. The second-order valence-corrected chi connectivity index (χ2v) is 4.42. The molecule has 0 bridgehead atoms. The lowest BCUT2D eigenvalue weighted by Crippen LogP contribution is -2.44. The molecular weight excluding hydrogens is 234 g/mol. The quantitative estimate of drug-likeness (QED) is 0.749. The highest BCUT2D eigenvalue weighted by Gasteiger charge is 2.23. The zero-order chi connectivity index (χ0) is 13.0. The number of hydrogen-bond acceptors (Lipinski definition) is 4. The molecule has 0 aromatic carbocycles. The number of aliphatic hydroxyl groups excluding tert-OH is 1. The fraction of sp³-hybridized carbons (Fsp3) is 0.500. The number of carboxylic acid groups (broad SMARTS) is 1. The van der Waals surface area contributed by atoms with Crippen molar-refractivity contribution < 1.29 is 15.0 Å². The lowest BCUT2D eigenvalue weighted by Gasteiger charge is -2.31. The van der Waals surface area contributed by atoms with Crippen LogP contribution in [0.2, 0.25) is 0 Å². The third-order valence-corrected chi connectivity index (χ3v) is 3.05. The normalized spacial score (nSPS) is 19.6. The lowest BCUT2D eigenvalue weighted by atomic mass is 10.1. The van der Waals surface area contributed by atoms with E-state index in [4.69, 9.17) is 10.2 Å². The first-order chi connectivity index (χ1) is 8.69. The Balaban J connectivity index is 1.93. The van der Waals surface area contributed by atoms with Gasteiger partial charge in [0.15, 0.2) is 0 Å². The van der Waals surface area contributed by atoms with Crippen molar-refractivity contribution in [3.8, 4) is 0 Å². The van der Waals surface area contributed by atoms with Crippen LogP contribution in [-0.4, -0.2) is 45.3 Å². The fourth-order valence-electron chi connectivity index (χ4n) is 2.08. The fourth-order valence-corrected chi connectivity index (χ4v) is 2.08. The molecule has 2 rings (SSSR count). The molecule has 1 aliphatic heterocycles. The summed E-state index contributed by atoms with van der Waals surface area (Å²) in [4.78, 5) is 16.5. The van der Waals surface area contributed by atoms with Crippen LogP contribution in [0.1, 0.15) is 18.4 Å². The van der Waals surface area contributed by atoms with Crippen molar-refractivity contribution in [2.75, 3.05) is 18.4 Å². The molecule has 1 fully saturated rings. The zero-order valence-electron chi connectivity index (χ0n) is 10.0. The van der Waals surface area contributed by atoms with E-state index in [1.807, 2.05) is 0 Å². The molecule has 1 aliphatic rings. The van der Waals surface area contributed by atoms with Crippen LogP contribution in [0.15, 0.2) is 18.3 Å². The Labute approximate surface area is 105 Å². The minimum Gasteiger partial charge on any atom is -0.465 e. The molecule has 0 unspecified atom stereocenters. The van der Waals surface area contributed by atoms with Crippen molar-refractivity contribution in [3.63, 3.8) is 0 Å². The zero-order valence-corrected chi connectivity index (χ0v) is 10.0. The maximum absolute atomic E-state index is 10.9. The second kappa shape index (κ2) is 5.68. The third-order valence-electron chi connectivity index (χ3n) is 3.05. The van der Waals surface area contributed by atoms with Crippen molar-refractivity contribution in [2.24, 2.45) is 0 Å². The number of aliphatic hydroxyl groups is 1. The van der Waals surface area contributed by atoms with Crippen molar-refractivity contribution in [2.45, 2.75) is 25.5 Å². The number of anilines is 1. The van der Waals surface area contributed by atoms with E-state index in [1.54, 1.807) is 18.3 Å². The molecule has 6 heteroatoms. The Morgan fingerprint density at radius 3 is 3.00 bits per heavy atom. The van der Waals surface area contributed by atoms with Crippen molar-refractivity contribution in [1.82, 2.24) is 9.88 Å². The van der Waals surface area contributed by atoms with Crippen LogP contribution in [0.25, 0.3) is 0 Å².